The van der Waals surface area contributed by atoms with Gasteiger partial charge in [0, 0.05) is 19.8 Å². The Labute approximate surface area is 110 Å². The van der Waals surface area contributed by atoms with E-state index in [1.165, 1.54) is 0 Å². The third-order valence-corrected chi connectivity index (χ3v) is 3.54. The number of halogens is 1. The van der Waals surface area contributed by atoms with E-state index < -0.39 is 0 Å². The van der Waals surface area contributed by atoms with Gasteiger partial charge in [-0.1, -0.05) is 11.6 Å². The van der Waals surface area contributed by atoms with E-state index in [0.29, 0.717) is 11.1 Å². The molecule has 1 aliphatic heterocycles. The highest BCUT2D eigenvalue weighted by Gasteiger charge is 2.18. The van der Waals surface area contributed by atoms with E-state index >= 15 is 0 Å². The van der Waals surface area contributed by atoms with Gasteiger partial charge < -0.3 is 4.74 Å². The van der Waals surface area contributed by atoms with Crippen LogP contribution >= 0.6 is 11.6 Å². The van der Waals surface area contributed by atoms with Crippen LogP contribution in [-0.2, 0) is 11.3 Å². The highest BCUT2D eigenvalue weighted by Crippen LogP contribution is 2.21. The summed E-state index contributed by atoms with van der Waals surface area (Å²) >= 11 is 5.91. The molecule has 2 aromatic rings. The summed E-state index contributed by atoms with van der Waals surface area (Å²) in [5.74, 6) is 0.599. The van der Waals surface area contributed by atoms with E-state index in [1.807, 2.05) is 11.6 Å². The Hall–Kier alpha value is -1.20. The Kier molecular flexibility index (Phi) is 3.18. The lowest BCUT2D eigenvalue weighted by atomic mass is 10.0. The first-order valence-electron chi connectivity index (χ1n) is 6.17. The Balaban J connectivity index is 1.93. The summed E-state index contributed by atoms with van der Waals surface area (Å²) in [4.78, 5) is 8.63. The van der Waals surface area contributed by atoms with Gasteiger partial charge >= 0.3 is 0 Å². The predicted octanol–water partition coefficient (Wildman–Crippen LogP) is 2.21. The normalized spacial score (nSPS) is 17.4. The molecule has 0 radical (unpaired) electrons. The maximum atomic E-state index is 5.91. The molecule has 6 heteroatoms. The number of hydrogen-bond donors (Lipinski definition) is 0. The summed E-state index contributed by atoms with van der Waals surface area (Å²) in [5, 5.41) is 4.93. The highest BCUT2D eigenvalue weighted by molar-refractivity contribution is 6.29. The molecule has 0 aromatic carbocycles. The quantitative estimate of drug-likeness (QED) is 0.836. The first-order valence-corrected chi connectivity index (χ1v) is 6.55. The molecular weight excluding hydrogens is 252 g/mol. The maximum absolute atomic E-state index is 5.91. The van der Waals surface area contributed by atoms with E-state index in [4.69, 9.17) is 16.3 Å². The molecule has 0 spiro atoms. The van der Waals surface area contributed by atoms with Gasteiger partial charge in [0.15, 0.2) is 5.65 Å². The number of nitrogens with zero attached hydrogens (tertiary/aromatic N) is 4. The molecule has 3 rings (SSSR count). The maximum Gasteiger partial charge on any atom is 0.178 e. The second-order valence-corrected chi connectivity index (χ2v) is 5.08. The summed E-state index contributed by atoms with van der Waals surface area (Å²) in [6, 6.07) is 0. The molecule has 0 N–H and O–H groups in total. The number of fused-ring (bicyclic) bond motifs is 1. The summed E-state index contributed by atoms with van der Waals surface area (Å²) < 4.78 is 7.30. The number of ether oxygens (including phenoxy) is 1. The molecule has 0 amide bonds. The van der Waals surface area contributed by atoms with Gasteiger partial charge in [0.25, 0.3) is 0 Å². The fourth-order valence-electron chi connectivity index (χ4n) is 2.37. The van der Waals surface area contributed by atoms with Crippen molar-refractivity contribution in [2.45, 2.75) is 26.3 Å². The standard InChI is InChI=1S/C12H15ClN4O/c1-8-11-12(15-10(13)6-14-11)17(16-8)7-9-2-4-18-5-3-9/h6,9H,2-5,7H2,1H3. The Morgan fingerprint density at radius 1 is 1.44 bits per heavy atom. The van der Waals surface area contributed by atoms with Gasteiger partial charge in [-0.25, -0.2) is 14.6 Å². The number of aromatic nitrogens is 4. The largest absolute Gasteiger partial charge is 0.381 e. The van der Waals surface area contributed by atoms with E-state index in [9.17, 15) is 0 Å². The van der Waals surface area contributed by atoms with Crippen molar-refractivity contribution >= 4 is 22.8 Å². The van der Waals surface area contributed by atoms with E-state index in [-0.39, 0.29) is 0 Å². The van der Waals surface area contributed by atoms with Crippen LogP contribution in [0.15, 0.2) is 6.20 Å². The average molecular weight is 267 g/mol. The summed E-state index contributed by atoms with van der Waals surface area (Å²) in [6.07, 6.45) is 3.72. The molecular formula is C12H15ClN4O. The van der Waals surface area contributed by atoms with Crippen LogP contribution in [0.5, 0.6) is 0 Å². The molecule has 0 atom stereocenters. The zero-order valence-electron chi connectivity index (χ0n) is 10.3. The fourth-order valence-corrected chi connectivity index (χ4v) is 2.50. The minimum atomic E-state index is 0.413. The van der Waals surface area contributed by atoms with Crippen molar-refractivity contribution in [1.29, 1.82) is 0 Å². The molecule has 0 saturated carbocycles. The van der Waals surface area contributed by atoms with Crippen LogP contribution in [0.1, 0.15) is 18.5 Å². The van der Waals surface area contributed by atoms with Crippen LogP contribution in [0.3, 0.4) is 0 Å². The predicted molar refractivity (Wildman–Crippen MR) is 68.6 cm³/mol. The van der Waals surface area contributed by atoms with Gasteiger partial charge in [-0.2, -0.15) is 5.10 Å². The monoisotopic (exact) mass is 266 g/mol. The van der Waals surface area contributed by atoms with Crippen molar-refractivity contribution in [3.63, 3.8) is 0 Å². The Bertz CT molecular complexity index is 562. The van der Waals surface area contributed by atoms with Crippen molar-refractivity contribution < 1.29 is 4.74 Å². The van der Waals surface area contributed by atoms with Crippen LogP contribution in [0, 0.1) is 12.8 Å². The van der Waals surface area contributed by atoms with E-state index in [1.54, 1.807) is 6.20 Å². The van der Waals surface area contributed by atoms with Crippen molar-refractivity contribution in [2.24, 2.45) is 5.92 Å². The molecule has 1 aliphatic rings. The van der Waals surface area contributed by atoms with Gasteiger partial charge in [0.2, 0.25) is 0 Å². The van der Waals surface area contributed by atoms with Crippen molar-refractivity contribution in [3.05, 3.63) is 17.0 Å². The van der Waals surface area contributed by atoms with Gasteiger partial charge in [-0.05, 0) is 25.7 Å². The molecule has 0 aliphatic carbocycles. The lowest BCUT2D eigenvalue weighted by Gasteiger charge is -2.21. The molecule has 1 saturated heterocycles. The first kappa shape index (κ1) is 11.9. The SMILES string of the molecule is Cc1nn(CC2CCOCC2)c2nc(Cl)cnc12. The minimum absolute atomic E-state index is 0.413. The van der Waals surface area contributed by atoms with Crippen molar-refractivity contribution in [2.75, 3.05) is 13.2 Å². The first-order chi connectivity index (χ1) is 8.74. The summed E-state index contributed by atoms with van der Waals surface area (Å²) in [5.41, 5.74) is 2.53. The minimum Gasteiger partial charge on any atom is -0.381 e. The lowest BCUT2D eigenvalue weighted by molar-refractivity contribution is 0.0605. The third kappa shape index (κ3) is 2.20. The number of rotatable bonds is 2. The second kappa shape index (κ2) is 4.82. The topological polar surface area (TPSA) is 52.8 Å². The van der Waals surface area contributed by atoms with Crippen LogP contribution in [0.2, 0.25) is 5.15 Å². The third-order valence-electron chi connectivity index (χ3n) is 3.35. The molecule has 0 bridgehead atoms. The summed E-state index contributed by atoms with van der Waals surface area (Å²) in [7, 11) is 0. The van der Waals surface area contributed by atoms with Gasteiger partial charge in [0.05, 0.1) is 11.9 Å². The summed E-state index contributed by atoms with van der Waals surface area (Å²) in [6.45, 7) is 4.50. The van der Waals surface area contributed by atoms with Gasteiger partial charge in [-0.3, -0.25) is 0 Å². The van der Waals surface area contributed by atoms with Crippen LogP contribution in [0.4, 0.5) is 0 Å². The molecule has 0 unspecified atom stereocenters. The van der Waals surface area contributed by atoms with Crippen molar-refractivity contribution in [3.8, 4) is 0 Å². The Morgan fingerprint density at radius 2 is 2.22 bits per heavy atom. The average Bonchev–Trinajstić information content (AvgIpc) is 2.67. The fraction of sp³-hybridized carbons (Fsp3) is 0.583. The molecule has 96 valence electrons. The molecule has 2 aromatic heterocycles. The Morgan fingerprint density at radius 3 is 3.00 bits per heavy atom. The van der Waals surface area contributed by atoms with Crippen LogP contribution in [0.25, 0.3) is 11.2 Å². The molecule has 1 fully saturated rings. The zero-order valence-corrected chi connectivity index (χ0v) is 11.0. The highest BCUT2D eigenvalue weighted by atomic mass is 35.5. The second-order valence-electron chi connectivity index (χ2n) is 4.69. The van der Waals surface area contributed by atoms with Gasteiger partial charge in [0.1, 0.15) is 10.7 Å². The smallest absolute Gasteiger partial charge is 0.178 e. The number of aryl methyl sites for hydroxylation is 1. The molecule has 5 nitrogen and oxygen atoms in total. The van der Waals surface area contributed by atoms with Gasteiger partial charge in [-0.15, -0.1) is 0 Å². The van der Waals surface area contributed by atoms with Crippen LogP contribution in [-0.4, -0.2) is 33.0 Å². The van der Waals surface area contributed by atoms with Crippen molar-refractivity contribution in [1.82, 2.24) is 19.7 Å². The van der Waals surface area contributed by atoms with E-state index in [0.717, 1.165) is 49.5 Å². The molecule has 3 heterocycles. The lowest BCUT2D eigenvalue weighted by Crippen LogP contribution is -2.21. The molecule has 18 heavy (non-hydrogen) atoms. The zero-order chi connectivity index (χ0) is 12.5. The number of hydrogen-bond acceptors (Lipinski definition) is 4. The van der Waals surface area contributed by atoms with E-state index in [2.05, 4.69) is 15.1 Å². The van der Waals surface area contributed by atoms with Crippen LogP contribution < -0.4 is 0 Å².